The molecule has 2 fully saturated rings. The Labute approximate surface area is 169 Å². The smallest absolute Gasteiger partial charge is 0.325 e. The van der Waals surface area contributed by atoms with Gasteiger partial charge in [0.15, 0.2) is 11.5 Å². The normalized spacial score (nSPS) is 31.0. The summed E-state index contributed by atoms with van der Waals surface area (Å²) < 4.78 is 10.7. The first-order valence-corrected chi connectivity index (χ1v) is 10.1. The molecular weight excluding hydrogens is 374 g/mol. The highest BCUT2D eigenvalue weighted by Crippen LogP contribution is 2.38. The van der Waals surface area contributed by atoms with Gasteiger partial charge in [0.05, 0.1) is 0 Å². The van der Waals surface area contributed by atoms with Crippen LogP contribution in [0.2, 0.25) is 0 Å². The molecule has 1 aliphatic carbocycles. The molecule has 0 aromatic heterocycles. The molecule has 4 rings (SSSR count). The molecule has 8 nitrogen and oxygen atoms in total. The van der Waals surface area contributed by atoms with Gasteiger partial charge < -0.3 is 20.1 Å². The van der Waals surface area contributed by atoms with E-state index < -0.39 is 17.5 Å². The van der Waals surface area contributed by atoms with E-state index in [1.54, 1.807) is 25.1 Å². The van der Waals surface area contributed by atoms with Crippen LogP contribution in [0.3, 0.4) is 0 Å². The summed E-state index contributed by atoms with van der Waals surface area (Å²) in [5.41, 5.74) is -0.678. The number of nitrogens with one attached hydrogen (secondary N) is 2. The number of nitrogens with zero attached hydrogens (tertiary/aromatic N) is 1. The fourth-order valence-electron chi connectivity index (χ4n) is 4.43. The summed E-state index contributed by atoms with van der Waals surface area (Å²) in [4.78, 5) is 39.2. The van der Waals surface area contributed by atoms with Gasteiger partial charge in [0.2, 0.25) is 12.7 Å². The lowest BCUT2D eigenvalue weighted by atomic mass is 9.78. The fraction of sp³-hybridized carbons (Fsp3) is 0.571. The van der Waals surface area contributed by atoms with Crippen molar-refractivity contribution < 1.29 is 23.9 Å². The quantitative estimate of drug-likeness (QED) is 0.754. The Morgan fingerprint density at radius 1 is 1.24 bits per heavy atom. The Morgan fingerprint density at radius 3 is 2.79 bits per heavy atom. The maximum Gasteiger partial charge on any atom is 0.325 e. The van der Waals surface area contributed by atoms with Crippen LogP contribution in [0.1, 0.15) is 45.6 Å². The van der Waals surface area contributed by atoms with Crippen molar-refractivity contribution in [2.24, 2.45) is 11.8 Å². The minimum absolute atomic E-state index is 0.0762. The lowest BCUT2D eigenvalue weighted by molar-refractivity contribution is -0.135. The fourth-order valence-corrected chi connectivity index (χ4v) is 4.43. The summed E-state index contributed by atoms with van der Waals surface area (Å²) >= 11 is 0. The predicted molar refractivity (Wildman–Crippen MR) is 104 cm³/mol. The Kier molecular flexibility index (Phi) is 4.88. The number of hydrogen-bond acceptors (Lipinski definition) is 5. The number of benzene rings is 1. The minimum atomic E-state index is -1.26. The van der Waals surface area contributed by atoms with Gasteiger partial charge in [0.25, 0.3) is 5.91 Å². The molecule has 0 radical (unpaired) electrons. The number of hydrogen-bond donors (Lipinski definition) is 2. The van der Waals surface area contributed by atoms with E-state index in [-0.39, 0.29) is 25.3 Å². The Morgan fingerprint density at radius 2 is 2.00 bits per heavy atom. The van der Waals surface area contributed by atoms with Crippen LogP contribution in [0, 0.1) is 11.8 Å². The van der Waals surface area contributed by atoms with Crippen LogP contribution >= 0.6 is 0 Å². The number of imide groups is 1. The lowest BCUT2D eigenvalue weighted by Crippen LogP contribution is -2.48. The van der Waals surface area contributed by atoms with Crippen molar-refractivity contribution in [3.05, 3.63) is 23.8 Å². The van der Waals surface area contributed by atoms with Gasteiger partial charge in [-0.2, -0.15) is 0 Å². The molecule has 0 bridgehead atoms. The first kappa shape index (κ1) is 19.5. The molecule has 2 heterocycles. The maximum atomic E-state index is 13.1. The van der Waals surface area contributed by atoms with Gasteiger partial charge in [-0.1, -0.05) is 32.8 Å². The molecule has 8 heteroatoms. The third-order valence-corrected chi connectivity index (χ3v) is 6.58. The summed E-state index contributed by atoms with van der Waals surface area (Å²) in [6.45, 7) is 5.80. The van der Waals surface area contributed by atoms with E-state index in [0.717, 1.165) is 24.2 Å². The van der Waals surface area contributed by atoms with Crippen molar-refractivity contribution in [1.29, 1.82) is 0 Å². The molecule has 4 amide bonds. The second-order valence-corrected chi connectivity index (χ2v) is 8.46. The summed E-state index contributed by atoms with van der Waals surface area (Å²) in [5, 5.41) is 5.74. The third kappa shape index (κ3) is 3.41. The maximum absolute atomic E-state index is 13.1. The van der Waals surface area contributed by atoms with E-state index in [2.05, 4.69) is 24.5 Å². The Bertz CT molecular complexity index is 857. The van der Waals surface area contributed by atoms with Crippen LogP contribution in [0.25, 0.3) is 0 Å². The van der Waals surface area contributed by atoms with Crippen LogP contribution in [-0.4, -0.2) is 42.1 Å². The van der Waals surface area contributed by atoms with E-state index in [0.29, 0.717) is 28.9 Å². The molecule has 2 N–H and O–H groups in total. The van der Waals surface area contributed by atoms with Crippen molar-refractivity contribution in [1.82, 2.24) is 15.5 Å². The third-order valence-electron chi connectivity index (χ3n) is 6.58. The number of fused-ring (bicyclic) bond motifs is 1. The number of urea groups is 1. The summed E-state index contributed by atoms with van der Waals surface area (Å²) in [7, 11) is 0. The standard InChI is InChI=1S/C21H27N3O5/c1-12-5-4-6-15(13(12)2)22-18(25)10-24-19(26)21(3,23-20(24)27)14-7-8-16-17(9-14)29-11-28-16/h7-9,12-13,15H,4-6,10-11H2,1-3H3,(H,22,25)(H,23,27)/t12-,13-,15+,21-/m1/s1. The minimum Gasteiger partial charge on any atom is -0.454 e. The lowest BCUT2D eigenvalue weighted by Gasteiger charge is -2.34. The van der Waals surface area contributed by atoms with Crippen molar-refractivity contribution >= 4 is 17.8 Å². The van der Waals surface area contributed by atoms with Crippen LogP contribution in [-0.2, 0) is 15.1 Å². The summed E-state index contributed by atoms with van der Waals surface area (Å²) in [6, 6.07) is 4.63. The molecule has 1 saturated carbocycles. The zero-order chi connectivity index (χ0) is 20.8. The second kappa shape index (κ2) is 7.24. The van der Waals surface area contributed by atoms with E-state index in [1.807, 2.05) is 0 Å². The van der Waals surface area contributed by atoms with E-state index >= 15 is 0 Å². The van der Waals surface area contributed by atoms with E-state index in [9.17, 15) is 14.4 Å². The number of ether oxygens (including phenoxy) is 2. The highest BCUT2D eigenvalue weighted by Gasteiger charge is 2.50. The zero-order valence-electron chi connectivity index (χ0n) is 17.0. The molecule has 3 aliphatic rings. The van der Waals surface area contributed by atoms with Crippen LogP contribution < -0.4 is 20.1 Å². The van der Waals surface area contributed by atoms with Crippen molar-refractivity contribution in [2.75, 3.05) is 13.3 Å². The predicted octanol–water partition coefficient (Wildman–Crippen LogP) is 2.12. The summed E-state index contributed by atoms with van der Waals surface area (Å²) in [5.74, 6) is 1.27. The first-order chi connectivity index (χ1) is 13.8. The first-order valence-electron chi connectivity index (χ1n) is 10.1. The zero-order valence-corrected chi connectivity index (χ0v) is 17.0. The highest BCUT2D eigenvalue weighted by molar-refractivity contribution is 6.09. The highest BCUT2D eigenvalue weighted by atomic mass is 16.7. The molecule has 1 aromatic carbocycles. The average molecular weight is 401 g/mol. The molecule has 29 heavy (non-hydrogen) atoms. The molecule has 1 saturated heterocycles. The molecule has 2 aliphatic heterocycles. The molecule has 0 unspecified atom stereocenters. The number of amides is 4. The van der Waals surface area contributed by atoms with Gasteiger partial charge >= 0.3 is 6.03 Å². The molecular formula is C21H27N3O5. The Hall–Kier alpha value is -2.77. The van der Waals surface area contributed by atoms with Gasteiger partial charge in [-0.3, -0.25) is 14.5 Å². The monoisotopic (exact) mass is 401 g/mol. The van der Waals surface area contributed by atoms with Gasteiger partial charge in [-0.15, -0.1) is 0 Å². The topological polar surface area (TPSA) is 97.0 Å². The van der Waals surface area contributed by atoms with Gasteiger partial charge in [0.1, 0.15) is 12.1 Å². The van der Waals surface area contributed by atoms with E-state index in [4.69, 9.17) is 9.47 Å². The van der Waals surface area contributed by atoms with Gasteiger partial charge in [-0.25, -0.2) is 4.79 Å². The Balaban J connectivity index is 1.46. The number of carbonyl (C=O) groups excluding carboxylic acids is 3. The molecule has 156 valence electrons. The van der Waals surface area contributed by atoms with Crippen molar-refractivity contribution in [3.63, 3.8) is 0 Å². The number of rotatable bonds is 4. The molecule has 4 atom stereocenters. The molecule has 1 aromatic rings. The average Bonchev–Trinajstić information content (AvgIpc) is 3.24. The van der Waals surface area contributed by atoms with Gasteiger partial charge in [0, 0.05) is 6.04 Å². The van der Waals surface area contributed by atoms with Crippen LogP contribution in [0.5, 0.6) is 11.5 Å². The largest absolute Gasteiger partial charge is 0.454 e. The SMILES string of the molecule is C[C@@H]1[C@H](C)CCC[C@@H]1NC(=O)CN1C(=O)N[C@](C)(c2ccc3c(c2)OCO3)C1=O. The van der Waals surface area contributed by atoms with Crippen LogP contribution in [0.15, 0.2) is 18.2 Å². The van der Waals surface area contributed by atoms with Gasteiger partial charge in [-0.05, 0) is 42.9 Å². The molecule has 0 spiro atoms. The summed E-state index contributed by atoms with van der Waals surface area (Å²) in [6.07, 6.45) is 3.16. The van der Waals surface area contributed by atoms with Crippen LogP contribution in [0.4, 0.5) is 4.79 Å². The van der Waals surface area contributed by atoms with Crippen molar-refractivity contribution in [2.45, 2.75) is 51.6 Å². The van der Waals surface area contributed by atoms with E-state index in [1.165, 1.54) is 0 Å². The number of carbonyl (C=O) groups is 3. The second-order valence-electron chi connectivity index (χ2n) is 8.46. The van der Waals surface area contributed by atoms with Crippen molar-refractivity contribution in [3.8, 4) is 11.5 Å².